The first kappa shape index (κ1) is 15.5. The summed E-state index contributed by atoms with van der Waals surface area (Å²) < 4.78 is 10.1. The van der Waals surface area contributed by atoms with E-state index in [0.29, 0.717) is 24.6 Å². The van der Waals surface area contributed by atoms with E-state index in [2.05, 4.69) is 5.32 Å². The molecule has 116 valence electrons. The number of furan rings is 1. The molecule has 1 saturated heterocycles. The van der Waals surface area contributed by atoms with Crippen LogP contribution in [-0.4, -0.2) is 49.6 Å². The van der Waals surface area contributed by atoms with E-state index < -0.39 is 0 Å². The molecule has 1 aliphatic rings. The fraction of sp³-hybridized carbons (Fsp3) is 0.571. The average Bonchev–Trinajstić information content (AvgIpc) is 2.96. The molecule has 0 spiro atoms. The van der Waals surface area contributed by atoms with E-state index in [-0.39, 0.29) is 31.0 Å². The van der Waals surface area contributed by atoms with Crippen molar-refractivity contribution in [2.75, 3.05) is 26.8 Å². The summed E-state index contributed by atoms with van der Waals surface area (Å²) >= 11 is 0. The van der Waals surface area contributed by atoms with Gasteiger partial charge in [-0.25, -0.2) is 0 Å². The monoisotopic (exact) mass is 295 g/mol. The summed E-state index contributed by atoms with van der Waals surface area (Å²) in [5.74, 6) is 0.662. The standard InChI is InChI=1S/C14H21N3O4/c1-20-9-13(18)16-10-4-6-17(7-5-10)14(19)12-3-2-11(8-15)21-12/h2-3,10H,4-9,15H2,1H3,(H,16,18). The molecule has 0 saturated carbocycles. The molecule has 2 amide bonds. The van der Waals surface area contributed by atoms with Gasteiger partial charge in [0.25, 0.3) is 5.91 Å². The van der Waals surface area contributed by atoms with Crippen molar-refractivity contribution in [1.29, 1.82) is 0 Å². The third-order valence-electron chi connectivity index (χ3n) is 3.50. The van der Waals surface area contributed by atoms with E-state index in [9.17, 15) is 9.59 Å². The lowest BCUT2D eigenvalue weighted by molar-refractivity contribution is -0.125. The van der Waals surface area contributed by atoms with Gasteiger partial charge in [-0.15, -0.1) is 0 Å². The Morgan fingerprint density at radius 1 is 1.43 bits per heavy atom. The van der Waals surface area contributed by atoms with E-state index in [1.54, 1.807) is 17.0 Å². The number of nitrogens with two attached hydrogens (primary N) is 1. The summed E-state index contributed by atoms with van der Waals surface area (Å²) in [5.41, 5.74) is 5.46. The van der Waals surface area contributed by atoms with Crippen LogP contribution < -0.4 is 11.1 Å². The number of carbonyl (C=O) groups excluding carboxylic acids is 2. The average molecular weight is 295 g/mol. The highest BCUT2D eigenvalue weighted by Gasteiger charge is 2.26. The lowest BCUT2D eigenvalue weighted by Crippen LogP contribution is -2.47. The van der Waals surface area contributed by atoms with Gasteiger partial charge in [-0.1, -0.05) is 0 Å². The number of hydrogen-bond donors (Lipinski definition) is 2. The highest BCUT2D eigenvalue weighted by atomic mass is 16.5. The number of hydrogen-bond acceptors (Lipinski definition) is 5. The van der Waals surface area contributed by atoms with Gasteiger partial charge in [-0.3, -0.25) is 9.59 Å². The predicted octanol–water partition coefficient (Wildman–Crippen LogP) is 0.106. The van der Waals surface area contributed by atoms with Gasteiger partial charge >= 0.3 is 0 Å². The van der Waals surface area contributed by atoms with Crippen LogP contribution in [0.1, 0.15) is 29.2 Å². The predicted molar refractivity (Wildman–Crippen MR) is 75.5 cm³/mol. The molecule has 0 aliphatic carbocycles. The number of nitrogens with zero attached hydrogens (tertiary/aromatic N) is 1. The molecule has 1 aromatic rings. The molecule has 2 heterocycles. The molecular formula is C14H21N3O4. The molecule has 0 radical (unpaired) electrons. The third kappa shape index (κ3) is 4.05. The number of amides is 2. The minimum Gasteiger partial charge on any atom is -0.455 e. The summed E-state index contributed by atoms with van der Waals surface area (Å²) in [6, 6.07) is 3.45. The summed E-state index contributed by atoms with van der Waals surface area (Å²) in [4.78, 5) is 25.4. The van der Waals surface area contributed by atoms with Gasteiger partial charge in [0.2, 0.25) is 5.91 Å². The van der Waals surface area contributed by atoms with Crippen molar-refractivity contribution in [3.05, 3.63) is 23.7 Å². The molecular weight excluding hydrogens is 274 g/mol. The molecule has 21 heavy (non-hydrogen) atoms. The zero-order chi connectivity index (χ0) is 15.2. The first-order valence-corrected chi connectivity index (χ1v) is 7.00. The highest BCUT2D eigenvalue weighted by Crippen LogP contribution is 2.16. The first-order chi connectivity index (χ1) is 10.1. The Bertz CT molecular complexity index is 492. The largest absolute Gasteiger partial charge is 0.455 e. The lowest BCUT2D eigenvalue weighted by atomic mass is 10.0. The Labute approximate surface area is 123 Å². The number of methoxy groups -OCH3 is 1. The number of likely N-dealkylation sites (tertiary alicyclic amines) is 1. The zero-order valence-corrected chi connectivity index (χ0v) is 12.1. The highest BCUT2D eigenvalue weighted by molar-refractivity contribution is 5.91. The quantitative estimate of drug-likeness (QED) is 0.803. The Morgan fingerprint density at radius 2 is 2.14 bits per heavy atom. The Morgan fingerprint density at radius 3 is 2.71 bits per heavy atom. The molecule has 0 bridgehead atoms. The number of piperidine rings is 1. The van der Waals surface area contributed by atoms with Gasteiger partial charge in [0.1, 0.15) is 12.4 Å². The fourth-order valence-electron chi connectivity index (χ4n) is 2.39. The van der Waals surface area contributed by atoms with Crippen LogP contribution in [0.3, 0.4) is 0 Å². The van der Waals surface area contributed by atoms with Crippen molar-refractivity contribution in [1.82, 2.24) is 10.2 Å². The molecule has 7 nitrogen and oxygen atoms in total. The molecule has 3 N–H and O–H groups in total. The van der Waals surface area contributed by atoms with E-state index in [1.807, 2.05) is 0 Å². The van der Waals surface area contributed by atoms with Crippen LogP contribution in [0, 0.1) is 0 Å². The van der Waals surface area contributed by atoms with E-state index in [1.165, 1.54) is 7.11 Å². The van der Waals surface area contributed by atoms with Gasteiger partial charge in [-0.05, 0) is 25.0 Å². The number of carbonyl (C=O) groups is 2. The normalized spacial score (nSPS) is 16.0. The molecule has 0 atom stereocenters. The fourth-order valence-corrected chi connectivity index (χ4v) is 2.39. The van der Waals surface area contributed by atoms with E-state index in [4.69, 9.17) is 14.9 Å². The molecule has 1 aliphatic heterocycles. The van der Waals surface area contributed by atoms with Crippen molar-refractivity contribution in [2.24, 2.45) is 5.73 Å². The SMILES string of the molecule is COCC(=O)NC1CCN(C(=O)c2ccc(CN)o2)CC1. The number of ether oxygens (including phenoxy) is 1. The van der Waals surface area contributed by atoms with Gasteiger partial charge in [0, 0.05) is 26.2 Å². The van der Waals surface area contributed by atoms with E-state index >= 15 is 0 Å². The lowest BCUT2D eigenvalue weighted by Gasteiger charge is -2.31. The molecule has 7 heteroatoms. The maximum Gasteiger partial charge on any atom is 0.289 e. The van der Waals surface area contributed by atoms with E-state index in [0.717, 1.165) is 12.8 Å². The summed E-state index contributed by atoms with van der Waals surface area (Å²) in [6.45, 7) is 1.53. The Balaban J connectivity index is 1.83. The second kappa shape index (κ2) is 7.24. The topological polar surface area (TPSA) is 97.8 Å². The molecule has 0 aromatic carbocycles. The molecule has 0 unspecified atom stereocenters. The van der Waals surface area contributed by atoms with Crippen LogP contribution in [0.25, 0.3) is 0 Å². The number of rotatable bonds is 5. The van der Waals surface area contributed by atoms with Gasteiger partial charge < -0.3 is 25.1 Å². The van der Waals surface area contributed by atoms with Crippen LogP contribution in [0.4, 0.5) is 0 Å². The second-order valence-electron chi connectivity index (χ2n) is 5.04. The zero-order valence-electron chi connectivity index (χ0n) is 12.1. The van der Waals surface area contributed by atoms with Crippen LogP contribution >= 0.6 is 0 Å². The maximum absolute atomic E-state index is 12.2. The van der Waals surface area contributed by atoms with Crippen LogP contribution in [0.15, 0.2) is 16.5 Å². The van der Waals surface area contributed by atoms with Crippen molar-refractivity contribution < 1.29 is 18.7 Å². The van der Waals surface area contributed by atoms with Gasteiger partial charge in [-0.2, -0.15) is 0 Å². The summed E-state index contributed by atoms with van der Waals surface area (Å²) in [6.07, 6.45) is 1.46. The Hall–Kier alpha value is -1.86. The Kier molecular flexibility index (Phi) is 5.35. The molecule has 1 aromatic heterocycles. The van der Waals surface area contributed by atoms with Crippen LogP contribution in [0.5, 0.6) is 0 Å². The maximum atomic E-state index is 12.2. The van der Waals surface area contributed by atoms with Crippen LogP contribution in [-0.2, 0) is 16.1 Å². The first-order valence-electron chi connectivity index (χ1n) is 7.00. The van der Waals surface area contributed by atoms with Gasteiger partial charge in [0.15, 0.2) is 5.76 Å². The number of nitrogens with one attached hydrogen (secondary N) is 1. The second-order valence-corrected chi connectivity index (χ2v) is 5.04. The molecule has 1 fully saturated rings. The van der Waals surface area contributed by atoms with Crippen LogP contribution in [0.2, 0.25) is 0 Å². The van der Waals surface area contributed by atoms with Crippen molar-refractivity contribution in [3.8, 4) is 0 Å². The van der Waals surface area contributed by atoms with Crippen molar-refractivity contribution in [2.45, 2.75) is 25.4 Å². The van der Waals surface area contributed by atoms with Gasteiger partial charge in [0.05, 0.1) is 6.54 Å². The third-order valence-corrected chi connectivity index (χ3v) is 3.50. The molecule has 2 rings (SSSR count). The smallest absolute Gasteiger partial charge is 0.289 e. The minimum absolute atomic E-state index is 0.0629. The summed E-state index contributed by atoms with van der Waals surface area (Å²) in [5, 5.41) is 2.89. The summed E-state index contributed by atoms with van der Waals surface area (Å²) in [7, 11) is 1.49. The van der Waals surface area contributed by atoms with Crippen molar-refractivity contribution >= 4 is 11.8 Å². The van der Waals surface area contributed by atoms with Crippen molar-refractivity contribution in [3.63, 3.8) is 0 Å². The minimum atomic E-state index is -0.128.